The van der Waals surface area contributed by atoms with Gasteiger partial charge in [0.15, 0.2) is 0 Å². The zero-order valence-electron chi connectivity index (χ0n) is 21.7. The molecule has 0 unspecified atom stereocenters. The fourth-order valence-corrected chi connectivity index (χ4v) is 4.47. The largest absolute Gasteiger partial charge is 4.00 e. The Labute approximate surface area is 235 Å². The summed E-state index contributed by atoms with van der Waals surface area (Å²) in [7, 11) is 0.930. The molecule has 178 valence electrons. The van der Waals surface area contributed by atoms with Gasteiger partial charge in [0.05, 0.1) is 9.52 Å². The summed E-state index contributed by atoms with van der Waals surface area (Å²) in [6.45, 7) is 4.31. The molecule has 0 fully saturated rings. The van der Waals surface area contributed by atoms with Gasteiger partial charge < -0.3 is 14.9 Å². The first-order valence-corrected chi connectivity index (χ1v) is 12.8. The van der Waals surface area contributed by atoms with Crippen LogP contribution in [0.15, 0.2) is 133 Å². The minimum atomic E-state index is 0. The maximum absolute atomic E-state index is 2.20. The van der Waals surface area contributed by atoms with Crippen LogP contribution in [0.5, 0.6) is 0 Å². The van der Waals surface area contributed by atoms with Crippen LogP contribution in [0, 0.1) is 21.8 Å². The monoisotopic (exact) mass is 518 g/mol. The average Bonchev–Trinajstić information content (AvgIpc) is 3.51. The fourth-order valence-electron chi connectivity index (χ4n) is 3.94. The Balaban J connectivity index is 0.000000273. The van der Waals surface area contributed by atoms with Gasteiger partial charge in [-0.15, -0.1) is 69.6 Å². The van der Waals surface area contributed by atoms with Gasteiger partial charge in [0, 0.05) is 0 Å². The van der Waals surface area contributed by atoms with E-state index in [1.807, 2.05) is 6.07 Å². The first-order chi connectivity index (χ1) is 16.2. The molecule has 0 bridgehead atoms. The van der Waals surface area contributed by atoms with E-state index < -0.39 is 0 Å². The first kappa shape index (κ1) is 31.1. The summed E-state index contributed by atoms with van der Waals surface area (Å²) in [5, 5.41) is 6.78. The zero-order valence-corrected chi connectivity index (χ0v) is 24.3. The fraction of sp³-hybridized carbons (Fsp3) is 0.0588. The molecule has 36 heavy (non-hydrogen) atoms. The van der Waals surface area contributed by atoms with E-state index in [1.54, 1.807) is 0 Å². The summed E-state index contributed by atoms with van der Waals surface area (Å²) in [4.78, 5) is 0. The van der Waals surface area contributed by atoms with Crippen LogP contribution >= 0.6 is 0 Å². The predicted octanol–water partition coefficient (Wildman–Crippen LogP) is 9.06. The van der Waals surface area contributed by atoms with E-state index in [9.17, 15) is 0 Å². The Bertz CT molecular complexity index is 1360. The maximum Gasteiger partial charge on any atom is 4.00 e. The minimum absolute atomic E-state index is 0. The molecule has 0 saturated carbocycles. The summed E-state index contributed by atoms with van der Waals surface area (Å²) in [5.74, 6) is 0. The molecule has 0 aromatic heterocycles. The van der Waals surface area contributed by atoms with E-state index in [4.69, 9.17) is 0 Å². The van der Waals surface area contributed by atoms with Crippen LogP contribution in [0.25, 0.3) is 32.7 Å². The molecule has 0 amide bonds. The number of rotatable bonds is 2. The molecule has 2 radical (unpaired) electrons. The van der Waals surface area contributed by atoms with Crippen molar-refractivity contribution in [2.24, 2.45) is 0 Å². The molecule has 0 atom stereocenters. The predicted molar refractivity (Wildman–Crippen MR) is 160 cm³/mol. The number of hydrogen-bond donors (Lipinski definition) is 0. The van der Waals surface area contributed by atoms with E-state index in [0.29, 0.717) is 0 Å². The Hall–Kier alpha value is -2.97. The Morgan fingerprint density at radius 3 is 1.89 bits per heavy atom. The summed E-state index contributed by atoms with van der Waals surface area (Å²) in [5.41, 5.74) is 3.95. The van der Waals surface area contributed by atoms with Crippen molar-refractivity contribution < 1.29 is 21.7 Å². The standard InChI is InChI=1S/C15H11.C10H9.C7H8Si.2CH3.Ti/c1-2-6-12(7-3-1)14-10-4-8-13-9-5-11-15(13)14;1-8-6-9-4-2-3-5-10(9)7-8;1-8-7-5-3-2-4-6-7;;;/h1-11H;2-7H,1H3;2-6H,1H3;2*1H3;/q2*-1;;2*-1;+4. The quantitative estimate of drug-likeness (QED) is 0.158. The first-order valence-electron chi connectivity index (χ1n) is 11.3. The van der Waals surface area contributed by atoms with Crippen LogP contribution in [0.4, 0.5) is 0 Å². The van der Waals surface area contributed by atoms with Crippen molar-refractivity contribution in [1.82, 2.24) is 0 Å². The summed E-state index contributed by atoms with van der Waals surface area (Å²) < 4.78 is 0. The molecule has 6 rings (SSSR count). The number of fused-ring (bicyclic) bond motifs is 2. The third-order valence-electron chi connectivity index (χ3n) is 5.59. The second kappa shape index (κ2) is 15.9. The molecular weight excluding hydrogens is 484 g/mol. The molecule has 0 N–H and O–H groups in total. The Morgan fingerprint density at radius 2 is 1.25 bits per heavy atom. The molecule has 0 aliphatic rings. The normalized spacial score (nSPS) is 9.39. The Morgan fingerprint density at radius 1 is 0.639 bits per heavy atom. The van der Waals surface area contributed by atoms with Gasteiger partial charge in [-0.3, -0.25) is 0 Å². The molecule has 0 aliphatic heterocycles. The number of aryl methyl sites for hydroxylation is 1. The summed E-state index contributed by atoms with van der Waals surface area (Å²) in [6.07, 6.45) is 0. The number of hydrogen-bond acceptors (Lipinski definition) is 0. The molecule has 6 aromatic rings. The summed E-state index contributed by atoms with van der Waals surface area (Å²) in [6, 6.07) is 46.7. The van der Waals surface area contributed by atoms with Gasteiger partial charge in [0.1, 0.15) is 0 Å². The van der Waals surface area contributed by atoms with Gasteiger partial charge in [-0.25, -0.2) is 0 Å². The number of benzene rings is 4. The molecule has 0 nitrogen and oxygen atoms in total. The van der Waals surface area contributed by atoms with Crippen LogP contribution in [0.3, 0.4) is 0 Å². The molecule has 0 aliphatic carbocycles. The van der Waals surface area contributed by atoms with Gasteiger partial charge in [-0.1, -0.05) is 97.0 Å². The van der Waals surface area contributed by atoms with Crippen LogP contribution in [-0.2, 0) is 21.7 Å². The Kier molecular flexibility index (Phi) is 13.7. The van der Waals surface area contributed by atoms with Gasteiger partial charge in [0.25, 0.3) is 0 Å². The topological polar surface area (TPSA) is 0 Å². The van der Waals surface area contributed by atoms with Crippen molar-refractivity contribution in [3.63, 3.8) is 0 Å². The summed E-state index contributed by atoms with van der Waals surface area (Å²) >= 11 is 0. The van der Waals surface area contributed by atoms with Gasteiger partial charge in [-0.05, 0) is 5.56 Å². The second-order valence-electron chi connectivity index (χ2n) is 7.98. The van der Waals surface area contributed by atoms with Gasteiger partial charge in [-0.2, -0.15) is 18.2 Å². The molecule has 2 heteroatoms. The van der Waals surface area contributed by atoms with Crippen molar-refractivity contribution in [1.29, 1.82) is 0 Å². The molecule has 0 heterocycles. The minimum Gasteiger partial charge on any atom is -0.358 e. The zero-order chi connectivity index (χ0) is 22.9. The molecular formula is C34H34SiTi. The van der Waals surface area contributed by atoms with E-state index in [2.05, 4.69) is 141 Å². The van der Waals surface area contributed by atoms with E-state index >= 15 is 0 Å². The van der Waals surface area contributed by atoms with Gasteiger partial charge in [0.2, 0.25) is 0 Å². The molecule has 0 spiro atoms. The van der Waals surface area contributed by atoms with Crippen molar-refractivity contribution in [3.05, 3.63) is 154 Å². The third kappa shape index (κ3) is 8.31. The van der Waals surface area contributed by atoms with E-state index in [-0.39, 0.29) is 36.6 Å². The van der Waals surface area contributed by atoms with Crippen LogP contribution in [0.1, 0.15) is 5.56 Å². The van der Waals surface area contributed by atoms with E-state index in [1.165, 1.54) is 43.4 Å². The van der Waals surface area contributed by atoms with Crippen molar-refractivity contribution in [2.45, 2.75) is 13.5 Å². The van der Waals surface area contributed by atoms with Crippen molar-refractivity contribution in [3.8, 4) is 11.1 Å². The SMILES string of the molecule is C[Si]c1ccccc1.Cc1cc2ccccc2[cH-]1.[CH3-].[CH3-].[Ti+4].c1ccc(-c2cccc3[cH-]ccc23)cc1. The van der Waals surface area contributed by atoms with Crippen LogP contribution < -0.4 is 5.19 Å². The average molecular weight is 519 g/mol. The maximum atomic E-state index is 2.20. The van der Waals surface area contributed by atoms with Crippen molar-refractivity contribution >= 4 is 36.3 Å². The van der Waals surface area contributed by atoms with Crippen LogP contribution in [0.2, 0.25) is 6.55 Å². The van der Waals surface area contributed by atoms with E-state index in [0.717, 1.165) is 9.52 Å². The molecule has 0 saturated heterocycles. The second-order valence-corrected chi connectivity index (χ2v) is 9.06. The smallest absolute Gasteiger partial charge is 0.358 e. The van der Waals surface area contributed by atoms with Crippen molar-refractivity contribution in [2.75, 3.05) is 0 Å². The molecule has 6 aromatic carbocycles. The third-order valence-corrected chi connectivity index (χ3v) is 6.50. The van der Waals surface area contributed by atoms with Gasteiger partial charge >= 0.3 is 21.7 Å². The van der Waals surface area contributed by atoms with Crippen LogP contribution in [-0.4, -0.2) is 9.52 Å².